The third-order valence-corrected chi connectivity index (χ3v) is 1.25. The maximum Gasteiger partial charge on any atom is 0.305 e. The van der Waals surface area contributed by atoms with E-state index in [1.165, 1.54) is 7.11 Å². The number of hydrogen-bond acceptors (Lipinski definition) is 5. The van der Waals surface area contributed by atoms with Crippen LogP contribution in [-0.2, 0) is 14.3 Å². The number of nitrogens with zero attached hydrogens (tertiary/aromatic N) is 1. The molecule has 6 nitrogen and oxygen atoms in total. The van der Waals surface area contributed by atoms with Gasteiger partial charge in [-0.1, -0.05) is 0 Å². The van der Waals surface area contributed by atoms with Crippen LogP contribution >= 0.6 is 0 Å². The van der Waals surface area contributed by atoms with Crippen LogP contribution in [0.15, 0.2) is 5.18 Å². The average molecular weight is 176 g/mol. The van der Waals surface area contributed by atoms with Gasteiger partial charge < -0.3 is 15.2 Å². The summed E-state index contributed by atoms with van der Waals surface area (Å²) in [6, 6.07) is -1.000. The van der Waals surface area contributed by atoms with E-state index >= 15 is 0 Å². The third kappa shape index (κ3) is 4.12. The summed E-state index contributed by atoms with van der Waals surface area (Å²) in [5.41, 5.74) is 5.21. The zero-order valence-electron chi connectivity index (χ0n) is 7.02. The van der Waals surface area contributed by atoms with E-state index in [0.717, 1.165) is 0 Å². The molecule has 0 aromatic rings. The second-order valence-electron chi connectivity index (χ2n) is 2.17. The Labute approximate surface area is 70.0 Å². The Balaban J connectivity index is 3.63. The van der Waals surface area contributed by atoms with E-state index in [0.29, 0.717) is 0 Å². The molecule has 0 bridgehead atoms. The molecule has 0 rings (SSSR count). The normalized spacial score (nSPS) is 15.2. The van der Waals surface area contributed by atoms with Crippen molar-refractivity contribution >= 4 is 5.91 Å². The van der Waals surface area contributed by atoms with E-state index in [4.69, 9.17) is 15.2 Å². The van der Waals surface area contributed by atoms with Crippen LogP contribution in [-0.4, -0.2) is 32.0 Å². The summed E-state index contributed by atoms with van der Waals surface area (Å²) in [4.78, 5) is 20.2. The molecule has 0 saturated carbocycles. The minimum atomic E-state index is -1.000. The maximum absolute atomic E-state index is 10.5. The summed E-state index contributed by atoms with van der Waals surface area (Å²) in [5.74, 6) is -0.918. The Morgan fingerprint density at radius 3 is 2.67 bits per heavy atom. The van der Waals surface area contributed by atoms with Gasteiger partial charge in [0.15, 0.2) is 6.29 Å². The monoisotopic (exact) mass is 176 g/mol. The minimum absolute atomic E-state index is 0.0699. The highest BCUT2D eigenvalue weighted by atomic mass is 16.7. The van der Waals surface area contributed by atoms with Gasteiger partial charge in [-0.15, -0.1) is 4.91 Å². The fourth-order valence-electron chi connectivity index (χ4n) is 0.446. The van der Waals surface area contributed by atoms with Crippen molar-refractivity contribution in [2.45, 2.75) is 19.3 Å². The Morgan fingerprint density at radius 2 is 2.25 bits per heavy atom. The Morgan fingerprint density at radius 1 is 1.67 bits per heavy atom. The molecule has 0 aromatic heterocycles. The highest BCUT2D eigenvalue weighted by Gasteiger charge is 2.14. The molecule has 2 atom stereocenters. The van der Waals surface area contributed by atoms with Gasteiger partial charge in [0.1, 0.15) is 6.04 Å². The van der Waals surface area contributed by atoms with Crippen molar-refractivity contribution in [1.29, 1.82) is 0 Å². The number of nitrogens with two attached hydrogens (primary N) is 1. The first kappa shape index (κ1) is 11.2. The second kappa shape index (κ2) is 5.76. The van der Waals surface area contributed by atoms with Crippen molar-refractivity contribution < 1.29 is 14.3 Å². The summed E-state index contributed by atoms with van der Waals surface area (Å²) in [6.45, 7) is 1.57. The van der Waals surface area contributed by atoms with Gasteiger partial charge in [-0.25, -0.2) is 0 Å². The predicted octanol–water partition coefficient (Wildman–Crippen LogP) is -0.384. The number of amides is 1. The highest BCUT2D eigenvalue weighted by molar-refractivity contribution is 5.82. The van der Waals surface area contributed by atoms with E-state index in [9.17, 15) is 9.70 Å². The molecule has 0 aromatic carbocycles. The van der Waals surface area contributed by atoms with Gasteiger partial charge in [-0.05, 0) is 6.92 Å². The van der Waals surface area contributed by atoms with Crippen molar-refractivity contribution in [1.82, 2.24) is 0 Å². The van der Waals surface area contributed by atoms with Gasteiger partial charge in [0.25, 0.3) is 0 Å². The number of rotatable bonds is 5. The second-order valence-corrected chi connectivity index (χ2v) is 2.17. The molecule has 1 amide bonds. The fraction of sp³-hybridized carbons (Fsp3) is 0.833. The molecule has 2 N–H and O–H groups in total. The molecule has 0 radical (unpaired) electrons. The van der Waals surface area contributed by atoms with Crippen LogP contribution in [0, 0.1) is 4.91 Å². The van der Waals surface area contributed by atoms with Crippen molar-refractivity contribution in [3.63, 3.8) is 0 Å². The molecule has 0 aliphatic heterocycles. The lowest BCUT2D eigenvalue weighted by atomic mass is 10.3. The molecule has 70 valence electrons. The highest BCUT2D eigenvalue weighted by Crippen LogP contribution is 1.93. The van der Waals surface area contributed by atoms with E-state index in [-0.39, 0.29) is 6.61 Å². The molecule has 0 aliphatic rings. The smallest absolute Gasteiger partial charge is 0.305 e. The van der Waals surface area contributed by atoms with Crippen LogP contribution in [0.2, 0.25) is 0 Å². The van der Waals surface area contributed by atoms with Crippen LogP contribution in [0.1, 0.15) is 6.92 Å². The molecule has 6 heteroatoms. The summed E-state index contributed by atoms with van der Waals surface area (Å²) < 4.78 is 9.63. The molecular formula is C6H12N2O4. The van der Waals surface area contributed by atoms with Crippen molar-refractivity contribution in [3.8, 4) is 0 Å². The molecule has 0 spiro atoms. The van der Waals surface area contributed by atoms with Gasteiger partial charge in [-0.2, -0.15) is 0 Å². The van der Waals surface area contributed by atoms with Crippen LogP contribution in [0.3, 0.4) is 0 Å². The van der Waals surface area contributed by atoms with E-state index in [1.807, 2.05) is 0 Å². The Bertz CT molecular complexity index is 162. The van der Waals surface area contributed by atoms with Crippen molar-refractivity contribution in [3.05, 3.63) is 4.91 Å². The van der Waals surface area contributed by atoms with E-state index in [2.05, 4.69) is 5.18 Å². The number of carbonyl (C=O) groups excluding carboxylic acids is 1. The summed E-state index contributed by atoms with van der Waals surface area (Å²) in [6.07, 6.45) is -0.449. The largest absolute Gasteiger partial charge is 0.356 e. The topological polar surface area (TPSA) is 91.0 Å². The first-order valence-electron chi connectivity index (χ1n) is 3.39. The zero-order valence-corrected chi connectivity index (χ0v) is 7.02. The van der Waals surface area contributed by atoms with Gasteiger partial charge in [0.05, 0.1) is 6.61 Å². The van der Waals surface area contributed by atoms with Crippen molar-refractivity contribution in [2.24, 2.45) is 10.9 Å². The predicted molar refractivity (Wildman–Crippen MR) is 41.2 cm³/mol. The number of methoxy groups -OCH3 is 1. The number of ether oxygens (including phenoxy) is 2. The lowest BCUT2D eigenvalue weighted by Crippen LogP contribution is -2.35. The fourth-order valence-corrected chi connectivity index (χ4v) is 0.446. The van der Waals surface area contributed by atoms with Crippen molar-refractivity contribution in [2.75, 3.05) is 13.7 Å². The summed E-state index contributed by atoms with van der Waals surface area (Å²) in [5, 5.41) is 2.16. The van der Waals surface area contributed by atoms with Gasteiger partial charge in [0.2, 0.25) is 0 Å². The van der Waals surface area contributed by atoms with Gasteiger partial charge in [-0.3, -0.25) is 4.79 Å². The van der Waals surface area contributed by atoms with Crippen LogP contribution in [0.25, 0.3) is 0 Å². The molecule has 12 heavy (non-hydrogen) atoms. The first-order valence-corrected chi connectivity index (χ1v) is 3.39. The molecule has 0 aliphatic carbocycles. The standard InChI is InChI=1S/C6H12N2O4/c1-4(11-2)12-3-5(7)6(9)8-10/h4-5H,3,7H2,1-2H3. The number of hydrogen-bond donors (Lipinski definition) is 1. The molecule has 0 heterocycles. The Hall–Kier alpha value is -0.850. The molecule has 0 fully saturated rings. The molecule has 0 saturated heterocycles. The van der Waals surface area contributed by atoms with Gasteiger partial charge in [0, 0.05) is 12.3 Å². The lowest BCUT2D eigenvalue weighted by molar-refractivity contribution is -0.130. The number of nitroso groups, excluding NO2 is 1. The SMILES string of the molecule is COC(C)OCC(N)C(=O)N=O. The summed E-state index contributed by atoms with van der Waals surface area (Å²) in [7, 11) is 1.45. The molecule has 2 unspecified atom stereocenters. The maximum atomic E-state index is 10.5. The quantitative estimate of drug-likeness (QED) is 0.455. The summed E-state index contributed by atoms with van der Waals surface area (Å²) >= 11 is 0. The van der Waals surface area contributed by atoms with Crippen LogP contribution < -0.4 is 5.73 Å². The Kier molecular flexibility index (Phi) is 5.35. The van der Waals surface area contributed by atoms with Gasteiger partial charge >= 0.3 is 5.91 Å². The lowest BCUT2D eigenvalue weighted by Gasteiger charge is -2.12. The van der Waals surface area contributed by atoms with Crippen LogP contribution in [0.4, 0.5) is 0 Å². The first-order chi connectivity index (χ1) is 5.61. The van der Waals surface area contributed by atoms with E-state index < -0.39 is 18.2 Å². The zero-order chi connectivity index (χ0) is 9.56. The average Bonchev–Trinajstić information content (AvgIpc) is 2.11. The minimum Gasteiger partial charge on any atom is -0.356 e. The molecular weight excluding hydrogens is 164 g/mol. The third-order valence-electron chi connectivity index (χ3n) is 1.25. The number of carbonyl (C=O) groups is 1. The van der Waals surface area contributed by atoms with E-state index in [1.54, 1.807) is 6.92 Å². The van der Waals surface area contributed by atoms with Crippen LogP contribution in [0.5, 0.6) is 0 Å².